The van der Waals surface area contributed by atoms with Gasteiger partial charge in [-0.25, -0.2) is 4.99 Å². The summed E-state index contributed by atoms with van der Waals surface area (Å²) < 4.78 is 5.23. The fourth-order valence-electron chi connectivity index (χ4n) is 2.90. The molecule has 1 aromatic carbocycles. The van der Waals surface area contributed by atoms with E-state index in [0.29, 0.717) is 11.4 Å². The summed E-state index contributed by atoms with van der Waals surface area (Å²) in [6.45, 7) is 8.14. The first-order valence-corrected chi connectivity index (χ1v) is 8.53. The van der Waals surface area contributed by atoms with Crippen molar-refractivity contribution in [2.75, 3.05) is 25.9 Å². The van der Waals surface area contributed by atoms with Gasteiger partial charge in [0.1, 0.15) is 11.6 Å². The van der Waals surface area contributed by atoms with Gasteiger partial charge in [0.2, 0.25) is 5.79 Å². The van der Waals surface area contributed by atoms with Crippen LogP contribution in [0.1, 0.15) is 39.2 Å². The van der Waals surface area contributed by atoms with Gasteiger partial charge in [-0.2, -0.15) is 0 Å². The number of likely N-dealkylation sites (N-methyl/N-ethyl adjacent to an activating group) is 1. The number of ether oxygens (including phenoxy) is 1. The van der Waals surface area contributed by atoms with Crippen LogP contribution in [0.4, 0.5) is 5.69 Å². The lowest BCUT2D eigenvalue weighted by atomic mass is 10.0. The summed E-state index contributed by atoms with van der Waals surface area (Å²) in [4.78, 5) is 6.99. The molecule has 5 N–H and O–H groups in total. The molecule has 6 nitrogen and oxygen atoms in total. The average Bonchev–Trinajstić information content (AvgIpc) is 2.56. The summed E-state index contributed by atoms with van der Waals surface area (Å²) in [5, 5.41) is 3.37. The highest BCUT2D eigenvalue weighted by Gasteiger charge is 2.32. The quantitative estimate of drug-likeness (QED) is 0.697. The maximum Gasteiger partial charge on any atom is 0.211 e. The molecule has 1 aliphatic heterocycles. The lowest BCUT2D eigenvalue weighted by molar-refractivity contribution is 0.366. The number of hydrogen-bond acceptors (Lipinski definition) is 6. The van der Waals surface area contributed by atoms with Crippen LogP contribution in [0.3, 0.4) is 0 Å². The summed E-state index contributed by atoms with van der Waals surface area (Å²) in [6, 6.07) is 5.55. The minimum atomic E-state index is -1.03. The molecule has 0 saturated heterocycles. The summed E-state index contributed by atoms with van der Waals surface area (Å²) in [6.07, 6.45) is 4.05. The molecule has 24 heavy (non-hydrogen) atoms. The van der Waals surface area contributed by atoms with Gasteiger partial charge in [-0.05, 0) is 44.5 Å². The molecule has 1 aromatic rings. The monoisotopic (exact) mass is 331 g/mol. The van der Waals surface area contributed by atoms with Crippen LogP contribution >= 0.6 is 0 Å². The second-order valence-corrected chi connectivity index (χ2v) is 5.91. The molecule has 1 atom stereocenters. The second kappa shape index (κ2) is 7.57. The highest BCUT2D eigenvalue weighted by molar-refractivity contribution is 5.94. The molecule has 2 rings (SSSR count). The highest BCUT2D eigenvalue weighted by Crippen LogP contribution is 2.30. The maximum atomic E-state index is 6.64. The third-order valence-electron chi connectivity index (χ3n) is 4.22. The molecule has 1 aliphatic rings. The zero-order chi connectivity index (χ0) is 17.7. The van der Waals surface area contributed by atoms with E-state index in [1.54, 1.807) is 7.11 Å². The first kappa shape index (κ1) is 18.1. The highest BCUT2D eigenvalue weighted by atomic mass is 16.5. The Hall–Kier alpha value is -2.21. The summed E-state index contributed by atoms with van der Waals surface area (Å²) in [7, 11) is 1.60. The smallest absolute Gasteiger partial charge is 0.211 e. The van der Waals surface area contributed by atoms with Crippen molar-refractivity contribution in [2.45, 2.75) is 39.4 Å². The van der Waals surface area contributed by atoms with Crippen molar-refractivity contribution in [3.63, 3.8) is 0 Å². The number of aliphatic imine (C=N–C) groups is 1. The van der Waals surface area contributed by atoms with Crippen LogP contribution < -0.4 is 21.5 Å². The molecule has 0 saturated carbocycles. The van der Waals surface area contributed by atoms with Gasteiger partial charge in [-0.1, -0.05) is 13.3 Å². The minimum Gasteiger partial charge on any atom is -0.495 e. The molecule has 0 spiro atoms. The van der Waals surface area contributed by atoms with Crippen LogP contribution in [-0.2, 0) is 5.79 Å². The van der Waals surface area contributed by atoms with Crippen molar-refractivity contribution < 1.29 is 4.74 Å². The topological polar surface area (TPSA) is 88.9 Å². The van der Waals surface area contributed by atoms with E-state index >= 15 is 0 Å². The van der Waals surface area contributed by atoms with E-state index in [4.69, 9.17) is 21.2 Å². The van der Waals surface area contributed by atoms with Crippen molar-refractivity contribution in [1.82, 2.24) is 10.2 Å². The Morgan fingerprint density at radius 2 is 1.96 bits per heavy atom. The van der Waals surface area contributed by atoms with E-state index in [9.17, 15) is 0 Å². The molecule has 0 aliphatic carbocycles. The van der Waals surface area contributed by atoms with Gasteiger partial charge < -0.3 is 20.7 Å². The largest absolute Gasteiger partial charge is 0.495 e. The van der Waals surface area contributed by atoms with E-state index in [-0.39, 0.29) is 0 Å². The molecule has 1 heterocycles. The number of hydrogen-bond donors (Lipinski definition) is 3. The average molecular weight is 331 g/mol. The van der Waals surface area contributed by atoms with Gasteiger partial charge in [0, 0.05) is 24.4 Å². The molecule has 132 valence electrons. The molecular formula is C18H29N5O. The Bertz CT molecular complexity index is 636. The van der Waals surface area contributed by atoms with E-state index < -0.39 is 5.79 Å². The lowest BCUT2D eigenvalue weighted by Crippen LogP contribution is -2.52. The molecule has 0 amide bonds. The number of nitrogen functional groups attached to an aromatic ring is 1. The number of nitrogens with one attached hydrogen (secondary N) is 1. The zero-order valence-electron chi connectivity index (χ0n) is 15.1. The zero-order valence-corrected chi connectivity index (χ0v) is 15.1. The SMILES string of the molecule is CCCC1=CC(N(CC)CC)=NC(N)(c2ccc(OC)c(N)c2)N1. The molecule has 1 unspecified atom stereocenters. The van der Waals surface area contributed by atoms with Gasteiger partial charge in [-0.15, -0.1) is 0 Å². The van der Waals surface area contributed by atoms with Crippen molar-refractivity contribution in [1.29, 1.82) is 0 Å². The van der Waals surface area contributed by atoms with E-state index in [2.05, 4.69) is 37.1 Å². The molecular weight excluding hydrogens is 302 g/mol. The summed E-state index contributed by atoms with van der Waals surface area (Å²) in [5.74, 6) is 0.506. The third kappa shape index (κ3) is 3.64. The molecule has 6 heteroatoms. The van der Waals surface area contributed by atoms with Crippen molar-refractivity contribution in [3.8, 4) is 5.75 Å². The van der Waals surface area contributed by atoms with E-state index in [1.807, 2.05) is 18.2 Å². The molecule has 0 bridgehead atoms. The predicted molar refractivity (Wildman–Crippen MR) is 99.8 cm³/mol. The molecule has 0 radical (unpaired) electrons. The number of rotatable bonds is 6. The van der Waals surface area contributed by atoms with Crippen LogP contribution in [0.5, 0.6) is 5.75 Å². The van der Waals surface area contributed by atoms with Crippen LogP contribution in [0.25, 0.3) is 0 Å². The number of anilines is 1. The number of amidine groups is 1. The Kier molecular flexibility index (Phi) is 5.72. The summed E-state index contributed by atoms with van der Waals surface area (Å²) >= 11 is 0. The van der Waals surface area contributed by atoms with Crippen LogP contribution in [0.2, 0.25) is 0 Å². The van der Waals surface area contributed by atoms with E-state index in [0.717, 1.165) is 43.0 Å². The predicted octanol–water partition coefficient (Wildman–Crippen LogP) is 2.37. The summed E-state index contributed by atoms with van der Waals surface area (Å²) in [5.41, 5.74) is 15.1. The van der Waals surface area contributed by atoms with Gasteiger partial charge in [0.25, 0.3) is 0 Å². The van der Waals surface area contributed by atoms with Crippen molar-refractivity contribution in [2.24, 2.45) is 10.7 Å². The van der Waals surface area contributed by atoms with Gasteiger partial charge >= 0.3 is 0 Å². The number of allylic oxidation sites excluding steroid dienone is 1. The number of nitrogens with two attached hydrogens (primary N) is 2. The van der Waals surface area contributed by atoms with Crippen molar-refractivity contribution >= 4 is 11.5 Å². The molecule has 0 aromatic heterocycles. The standard InChI is InChI=1S/C18H29N5O/c1-5-8-14-12-17(23(6-2)7-3)22-18(20,21-14)13-9-10-16(24-4)15(19)11-13/h9-12,21H,5-8,19-20H2,1-4H3. The lowest BCUT2D eigenvalue weighted by Gasteiger charge is -2.36. The molecule has 0 fully saturated rings. The fraction of sp³-hybridized carbons (Fsp3) is 0.500. The van der Waals surface area contributed by atoms with Crippen molar-refractivity contribution in [3.05, 3.63) is 35.5 Å². The number of methoxy groups -OCH3 is 1. The Morgan fingerprint density at radius 3 is 2.50 bits per heavy atom. The van der Waals surface area contributed by atoms with E-state index in [1.165, 1.54) is 0 Å². The normalized spacial score (nSPS) is 20.0. The number of nitrogens with zero attached hydrogens (tertiary/aromatic N) is 2. The van der Waals surface area contributed by atoms with Crippen LogP contribution in [0.15, 0.2) is 35.0 Å². The Labute approximate surface area is 144 Å². The Balaban J connectivity index is 2.46. The maximum absolute atomic E-state index is 6.64. The number of benzene rings is 1. The van der Waals surface area contributed by atoms with Gasteiger partial charge in [-0.3, -0.25) is 5.73 Å². The first-order chi connectivity index (χ1) is 11.5. The fourth-order valence-corrected chi connectivity index (χ4v) is 2.90. The minimum absolute atomic E-state index is 0.549. The van der Waals surface area contributed by atoms with Gasteiger partial charge in [0.05, 0.1) is 12.8 Å². The Morgan fingerprint density at radius 1 is 1.25 bits per heavy atom. The van der Waals surface area contributed by atoms with Gasteiger partial charge in [0.15, 0.2) is 0 Å². The third-order valence-corrected chi connectivity index (χ3v) is 4.22. The van der Waals surface area contributed by atoms with Crippen LogP contribution in [0, 0.1) is 0 Å². The first-order valence-electron chi connectivity index (χ1n) is 8.53. The van der Waals surface area contributed by atoms with Crippen LogP contribution in [-0.4, -0.2) is 30.9 Å². The second-order valence-electron chi connectivity index (χ2n) is 5.91.